The molecule has 1 aromatic heterocycles. The first-order valence-corrected chi connectivity index (χ1v) is 11.3. The average Bonchev–Trinajstić information content (AvgIpc) is 3.22. The van der Waals surface area contributed by atoms with Crippen LogP contribution in [-0.2, 0) is 19.6 Å². The highest BCUT2D eigenvalue weighted by Crippen LogP contribution is 2.31. The maximum atomic E-state index is 6.23. The summed E-state index contributed by atoms with van der Waals surface area (Å²) >= 11 is 12.5. The highest BCUT2D eigenvalue weighted by Gasteiger charge is 2.10. The third kappa shape index (κ3) is 5.54. The molecule has 0 amide bonds. The molecule has 0 saturated heterocycles. The van der Waals surface area contributed by atoms with Gasteiger partial charge in [0.1, 0.15) is 12.4 Å². The summed E-state index contributed by atoms with van der Waals surface area (Å²) in [5.41, 5.74) is 3.98. The van der Waals surface area contributed by atoms with Crippen molar-refractivity contribution in [1.82, 2.24) is 15.3 Å². The molecule has 0 saturated carbocycles. The fourth-order valence-corrected chi connectivity index (χ4v) is 4.01. The lowest BCUT2D eigenvalue weighted by Gasteiger charge is -2.14. The fraction of sp³-hybridized carbons (Fsp3) is 0.240. The standard InChI is InChI=1S/C25H25Cl2N3O2/c1-31-24-14-17(11-12-23(24)32-16-18-19(26)6-4-7-20(18)27)15-28-13-5-10-25-29-21-8-2-3-9-22(21)30-25/h2-4,6-9,11-12,14,28H,5,10,13,15-16H2,1H3,(H,29,30). The number of methoxy groups -OCH3 is 1. The average molecular weight is 470 g/mol. The number of aryl methyl sites for hydroxylation is 1. The number of aromatic amines is 1. The molecule has 0 bridgehead atoms. The quantitative estimate of drug-likeness (QED) is 0.272. The third-order valence-electron chi connectivity index (χ3n) is 5.20. The van der Waals surface area contributed by atoms with Crippen LogP contribution in [0, 0.1) is 0 Å². The Morgan fingerprint density at radius 1 is 0.969 bits per heavy atom. The first-order valence-electron chi connectivity index (χ1n) is 10.5. The normalized spacial score (nSPS) is 11.1. The second-order valence-electron chi connectivity index (χ2n) is 7.46. The van der Waals surface area contributed by atoms with Gasteiger partial charge in [0.2, 0.25) is 0 Å². The van der Waals surface area contributed by atoms with E-state index in [9.17, 15) is 0 Å². The van der Waals surface area contributed by atoms with Crippen molar-refractivity contribution in [1.29, 1.82) is 0 Å². The fourth-order valence-electron chi connectivity index (χ4n) is 3.50. The highest BCUT2D eigenvalue weighted by atomic mass is 35.5. The van der Waals surface area contributed by atoms with E-state index in [1.54, 1.807) is 19.2 Å². The SMILES string of the molecule is COc1cc(CNCCCc2nc3ccccc3[nH]2)ccc1OCc1c(Cl)cccc1Cl. The van der Waals surface area contributed by atoms with Crippen LogP contribution in [0.3, 0.4) is 0 Å². The van der Waals surface area contributed by atoms with Crippen LogP contribution in [-0.4, -0.2) is 23.6 Å². The summed E-state index contributed by atoms with van der Waals surface area (Å²) in [4.78, 5) is 7.99. The highest BCUT2D eigenvalue weighted by molar-refractivity contribution is 6.35. The van der Waals surface area contributed by atoms with Gasteiger partial charge in [0.05, 0.1) is 18.1 Å². The second-order valence-corrected chi connectivity index (χ2v) is 8.27. The molecule has 0 atom stereocenters. The molecule has 0 aliphatic heterocycles. The van der Waals surface area contributed by atoms with E-state index in [1.807, 2.05) is 48.5 Å². The number of ether oxygens (including phenoxy) is 2. The molecule has 0 unspecified atom stereocenters. The van der Waals surface area contributed by atoms with Crippen LogP contribution in [0.15, 0.2) is 60.7 Å². The summed E-state index contributed by atoms with van der Waals surface area (Å²) in [6, 6.07) is 19.4. The maximum absolute atomic E-state index is 6.23. The van der Waals surface area contributed by atoms with Gasteiger partial charge in [-0.05, 0) is 54.9 Å². The number of aromatic nitrogens is 2. The number of H-pyrrole nitrogens is 1. The van der Waals surface area contributed by atoms with Crippen molar-refractivity contribution in [2.24, 2.45) is 0 Å². The molecule has 0 fully saturated rings. The molecule has 2 N–H and O–H groups in total. The Balaban J connectivity index is 1.27. The first-order chi connectivity index (χ1) is 15.6. The zero-order chi connectivity index (χ0) is 22.3. The van der Waals surface area contributed by atoms with E-state index in [0.29, 0.717) is 21.5 Å². The Morgan fingerprint density at radius 2 is 1.78 bits per heavy atom. The van der Waals surface area contributed by atoms with Crippen LogP contribution < -0.4 is 14.8 Å². The number of para-hydroxylation sites is 2. The van der Waals surface area contributed by atoms with Crippen molar-refractivity contribution in [3.63, 3.8) is 0 Å². The minimum absolute atomic E-state index is 0.272. The summed E-state index contributed by atoms with van der Waals surface area (Å²) in [5, 5.41) is 4.64. The van der Waals surface area contributed by atoms with Gasteiger partial charge < -0.3 is 19.8 Å². The summed E-state index contributed by atoms with van der Waals surface area (Å²) in [5.74, 6) is 2.35. The van der Waals surface area contributed by atoms with Gasteiger partial charge in [0.15, 0.2) is 11.5 Å². The van der Waals surface area contributed by atoms with E-state index < -0.39 is 0 Å². The second kappa shape index (κ2) is 10.7. The van der Waals surface area contributed by atoms with E-state index in [4.69, 9.17) is 32.7 Å². The molecule has 0 radical (unpaired) electrons. The molecule has 32 heavy (non-hydrogen) atoms. The topological polar surface area (TPSA) is 59.2 Å². The molecule has 7 heteroatoms. The van der Waals surface area contributed by atoms with Crippen LogP contribution in [0.5, 0.6) is 11.5 Å². The van der Waals surface area contributed by atoms with E-state index >= 15 is 0 Å². The lowest BCUT2D eigenvalue weighted by atomic mass is 10.2. The number of halogens is 2. The van der Waals surface area contributed by atoms with E-state index in [0.717, 1.165) is 53.9 Å². The van der Waals surface area contributed by atoms with Gasteiger partial charge in [-0.1, -0.05) is 47.5 Å². The number of nitrogens with one attached hydrogen (secondary N) is 2. The van der Waals surface area contributed by atoms with Gasteiger partial charge in [-0.15, -0.1) is 0 Å². The van der Waals surface area contributed by atoms with Crippen molar-refractivity contribution in [2.75, 3.05) is 13.7 Å². The van der Waals surface area contributed by atoms with Crippen LogP contribution in [0.1, 0.15) is 23.4 Å². The smallest absolute Gasteiger partial charge is 0.161 e. The van der Waals surface area contributed by atoms with Gasteiger partial charge in [0, 0.05) is 28.6 Å². The molecule has 0 aliphatic carbocycles. The number of hydrogen-bond acceptors (Lipinski definition) is 4. The molecule has 4 aromatic rings. The predicted octanol–water partition coefficient (Wildman–Crippen LogP) is 6.18. The maximum Gasteiger partial charge on any atom is 0.161 e. The molecular weight excluding hydrogens is 445 g/mol. The Kier molecular flexibility index (Phi) is 7.53. The van der Waals surface area contributed by atoms with Crippen LogP contribution >= 0.6 is 23.2 Å². The number of fused-ring (bicyclic) bond motifs is 1. The van der Waals surface area contributed by atoms with Crippen LogP contribution in [0.4, 0.5) is 0 Å². The Morgan fingerprint density at radius 3 is 2.56 bits per heavy atom. The number of benzene rings is 3. The summed E-state index contributed by atoms with van der Waals surface area (Å²) in [6.45, 7) is 1.91. The Labute approximate surface area is 197 Å². The molecule has 1 heterocycles. The Hall–Kier alpha value is -2.73. The van der Waals surface area contributed by atoms with E-state index in [2.05, 4.69) is 15.3 Å². The summed E-state index contributed by atoms with van der Waals surface area (Å²) in [7, 11) is 1.63. The molecule has 4 rings (SSSR count). The molecule has 3 aromatic carbocycles. The first kappa shape index (κ1) is 22.5. The van der Waals surface area contributed by atoms with Crippen molar-refractivity contribution < 1.29 is 9.47 Å². The number of rotatable bonds is 10. The monoisotopic (exact) mass is 469 g/mol. The van der Waals surface area contributed by atoms with Gasteiger partial charge in [0.25, 0.3) is 0 Å². The van der Waals surface area contributed by atoms with Gasteiger partial charge in [-0.3, -0.25) is 0 Å². The zero-order valence-electron chi connectivity index (χ0n) is 17.8. The molecule has 5 nitrogen and oxygen atoms in total. The minimum atomic E-state index is 0.272. The van der Waals surface area contributed by atoms with E-state index in [-0.39, 0.29) is 6.61 Å². The summed E-state index contributed by atoms with van der Waals surface area (Å²) < 4.78 is 11.4. The minimum Gasteiger partial charge on any atom is -0.493 e. The third-order valence-corrected chi connectivity index (χ3v) is 5.90. The van der Waals surface area contributed by atoms with Crippen LogP contribution in [0.2, 0.25) is 10.0 Å². The summed E-state index contributed by atoms with van der Waals surface area (Å²) in [6.07, 6.45) is 1.90. The van der Waals surface area contributed by atoms with Crippen LogP contribution in [0.25, 0.3) is 11.0 Å². The largest absolute Gasteiger partial charge is 0.493 e. The van der Waals surface area contributed by atoms with Crippen molar-refractivity contribution in [2.45, 2.75) is 26.0 Å². The molecule has 166 valence electrons. The lowest BCUT2D eigenvalue weighted by molar-refractivity contribution is 0.284. The van der Waals surface area contributed by atoms with Gasteiger partial charge in [-0.25, -0.2) is 4.98 Å². The predicted molar refractivity (Wildman–Crippen MR) is 130 cm³/mol. The zero-order valence-corrected chi connectivity index (χ0v) is 19.3. The van der Waals surface area contributed by atoms with Crippen molar-refractivity contribution in [3.05, 3.63) is 87.7 Å². The lowest BCUT2D eigenvalue weighted by Crippen LogP contribution is -2.15. The molecule has 0 aliphatic rings. The number of hydrogen-bond donors (Lipinski definition) is 2. The van der Waals surface area contributed by atoms with Gasteiger partial charge >= 0.3 is 0 Å². The number of nitrogens with zero attached hydrogens (tertiary/aromatic N) is 1. The van der Waals surface area contributed by atoms with Gasteiger partial charge in [-0.2, -0.15) is 0 Å². The number of imidazole rings is 1. The van der Waals surface area contributed by atoms with Crippen molar-refractivity contribution >= 4 is 34.2 Å². The molecular formula is C25H25Cl2N3O2. The van der Waals surface area contributed by atoms with Crippen molar-refractivity contribution in [3.8, 4) is 11.5 Å². The van der Waals surface area contributed by atoms with E-state index in [1.165, 1.54) is 0 Å². The Bertz CT molecular complexity index is 1140. The molecule has 0 spiro atoms.